The molecule has 10 aromatic rings. The molecule has 1 aliphatic rings. The van der Waals surface area contributed by atoms with Gasteiger partial charge < -0.3 is 19.1 Å². The zero-order valence-electron chi connectivity index (χ0n) is 33.6. The fourth-order valence-electron chi connectivity index (χ4n) is 8.91. The number of anilines is 3. The van der Waals surface area contributed by atoms with Crippen LogP contribution >= 0.6 is 0 Å². The number of aromatic nitrogens is 3. The molecule has 0 N–H and O–H groups in total. The standard InChI is InChI=1S/C53H43N5O/c1-53(2,3)37-28-39(56-34-55(4)51-27-36(23-26-48(51)56)35-15-7-5-8-16-35)30-41(29-37)59-40-24-25-44-42-19-11-14-22-47(42)58(49(44)31-40)52-32-50-45(33-54-52)43-20-12-13-21-46(43)57(50)38-17-9-6-10-18-38/h5-33H,34H2,1-4H3. The molecule has 59 heavy (non-hydrogen) atoms. The maximum Gasteiger partial charge on any atom is 0.139 e. The van der Waals surface area contributed by atoms with Crippen molar-refractivity contribution in [3.05, 3.63) is 182 Å². The van der Waals surface area contributed by atoms with Crippen molar-refractivity contribution in [2.45, 2.75) is 26.2 Å². The van der Waals surface area contributed by atoms with Gasteiger partial charge in [0.15, 0.2) is 0 Å². The predicted molar refractivity (Wildman–Crippen MR) is 245 cm³/mol. The Hall–Kier alpha value is -7.31. The molecule has 3 aromatic heterocycles. The number of nitrogens with zero attached hydrogens (tertiary/aromatic N) is 5. The van der Waals surface area contributed by atoms with Crippen LogP contribution in [0.3, 0.4) is 0 Å². The van der Waals surface area contributed by atoms with Crippen molar-refractivity contribution in [3.8, 4) is 34.1 Å². The van der Waals surface area contributed by atoms with E-state index in [0.29, 0.717) is 0 Å². The van der Waals surface area contributed by atoms with Gasteiger partial charge in [-0.25, -0.2) is 4.98 Å². The first kappa shape index (κ1) is 34.9. The van der Waals surface area contributed by atoms with Crippen LogP contribution in [0, 0.1) is 0 Å². The second-order valence-corrected chi connectivity index (χ2v) is 16.7. The quantitative estimate of drug-likeness (QED) is 0.169. The van der Waals surface area contributed by atoms with E-state index in [-0.39, 0.29) is 5.41 Å². The number of benzene rings is 7. The van der Waals surface area contributed by atoms with Gasteiger partial charge in [0.05, 0.1) is 40.1 Å². The predicted octanol–water partition coefficient (Wildman–Crippen LogP) is 13.6. The van der Waals surface area contributed by atoms with E-state index in [9.17, 15) is 0 Å². The summed E-state index contributed by atoms with van der Waals surface area (Å²) in [4.78, 5) is 9.88. The minimum absolute atomic E-state index is 0.0946. The molecular formula is C53H43N5O. The fourth-order valence-corrected chi connectivity index (χ4v) is 8.91. The molecule has 4 heterocycles. The Morgan fingerprint density at radius 3 is 1.92 bits per heavy atom. The van der Waals surface area contributed by atoms with Gasteiger partial charge in [-0.05, 0) is 82.8 Å². The molecule has 0 saturated carbocycles. The summed E-state index contributed by atoms with van der Waals surface area (Å²) in [5.74, 6) is 2.42. The summed E-state index contributed by atoms with van der Waals surface area (Å²) in [5.41, 5.74) is 12.6. The van der Waals surface area contributed by atoms with Gasteiger partial charge in [0.1, 0.15) is 17.3 Å². The number of ether oxygens (including phenoxy) is 1. The zero-order valence-corrected chi connectivity index (χ0v) is 33.6. The Labute approximate surface area is 343 Å². The van der Waals surface area contributed by atoms with Gasteiger partial charge in [0.2, 0.25) is 0 Å². The second-order valence-electron chi connectivity index (χ2n) is 16.7. The number of fused-ring (bicyclic) bond motifs is 7. The van der Waals surface area contributed by atoms with Gasteiger partial charge >= 0.3 is 0 Å². The summed E-state index contributed by atoms with van der Waals surface area (Å²) in [5, 5.41) is 4.62. The van der Waals surface area contributed by atoms with Crippen LogP contribution in [-0.2, 0) is 5.41 Å². The van der Waals surface area contributed by atoms with E-state index in [0.717, 1.165) is 68.2 Å². The smallest absolute Gasteiger partial charge is 0.139 e. The first-order valence-corrected chi connectivity index (χ1v) is 20.3. The number of para-hydroxylation sites is 3. The van der Waals surface area contributed by atoms with Gasteiger partial charge in [0.25, 0.3) is 0 Å². The van der Waals surface area contributed by atoms with Crippen LogP contribution in [0.4, 0.5) is 17.1 Å². The van der Waals surface area contributed by atoms with Gasteiger partial charge in [0, 0.05) is 64.4 Å². The van der Waals surface area contributed by atoms with Crippen molar-refractivity contribution >= 4 is 60.7 Å². The molecule has 286 valence electrons. The van der Waals surface area contributed by atoms with E-state index in [1.807, 2.05) is 6.20 Å². The average molecular weight is 766 g/mol. The number of rotatable bonds is 6. The first-order chi connectivity index (χ1) is 28.8. The van der Waals surface area contributed by atoms with Gasteiger partial charge in [-0.2, -0.15) is 0 Å². The van der Waals surface area contributed by atoms with E-state index in [1.165, 1.54) is 38.8 Å². The summed E-state index contributed by atoms with van der Waals surface area (Å²) < 4.78 is 11.5. The summed E-state index contributed by atoms with van der Waals surface area (Å²) in [6.07, 6.45) is 2.03. The van der Waals surface area contributed by atoms with Gasteiger partial charge in [-0.15, -0.1) is 0 Å². The summed E-state index contributed by atoms with van der Waals surface area (Å²) in [6, 6.07) is 60.5. The highest BCUT2D eigenvalue weighted by molar-refractivity contribution is 6.11. The lowest BCUT2D eigenvalue weighted by molar-refractivity contribution is 0.479. The molecule has 0 aliphatic carbocycles. The Kier molecular flexibility index (Phi) is 7.92. The third kappa shape index (κ3) is 5.82. The van der Waals surface area contributed by atoms with E-state index < -0.39 is 0 Å². The van der Waals surface area contributed by atoms with E-state index in [1.54, 1.807) is 0 Å². The molecule has 0 fully saturated rings. The largest absolute Gasteiger partial charge is 0.457 e. The van der Waals surface area contributed by atoms with Crippen molar-refractivity contribution in [1.82, 2.24) is 14.1 Å². The molecule has 0 amide bonds. The highest BCUT2D eigenvalue weighted by atomic mass is 16.5. The Bertz CT molecular complexity index is 3230. The van der Waals surface area contributed by atoms with Crippen LogP contribution < -0.4 is 14.5 Å². The highest BCUT2D eigenvalue weighted by Gasteiger charge is 2.27. The first-order valence-electron chi connectivity index (χ1n) is 20.3. The maximum absolute atomic E-state index is 6.91. The average Bonchev–Trinajstić information content (AvgIpc) is 3.90. The highest BCUT2D eigenvalue weighted by Crippen LogP contribution is 2.45. The molecular weight excluding hydrogens is 723 g/mol. The van der Waals surface area contributed by atoms with Crippen molar-refractivity contribution < 1.29 is 4.74 Å². The topological polar surface area (TPSA) is 38.5 Å². The van der Waals surface area contributed by atoms with Crippen LogP contribution in [-0.4, -0.2) is 27.8 Å². The van der Waals surface area contributed by atoms with Crippen LogP contribution in [0.15, 0.2) is 176 Å². The Balaban J connectivity index is 1.02. The number of pyridine rings is 1. The van der Waals surface area contributed by atoms with E-state index in [2.05, 4.69) is 217 Å². The third-order valence-electron chi connectivity index (χ3n) is 11.9. The lowest BCUT2D eigenvalue weighted by atomic mass is 9.86. The summed E-state index contributed by atoms with van der Waals surface area (Å²) >= 11 is 0. The second kappa shape index (κ2) is 13.4. The van der Waals surface area contributed by atoms with Crippen molar-refractivity contribution in [1.29, 1.82) is 0 Å². The molecule has 0 bridgehead atoms. The molecule has 0 unspecified atom stereocenters. The van der Waals surface area contributed by atoms with Crippen molar-refractivity contribution in [2.24, 2.45) is 0 Å². The molecule has 0 spiro atoms. The van der Waals surface area contributed by atoms with Crippen LogP contribution in [0.25, 0.3) is 66.2 Å². The van der Waals surface area contributed by atoms with Gasteiger partial charge in [-0.1, -0.05) is 112 Å². The third-order valence-corrected chi connectivity index (χ3v) is 11.9. The summed E-state index contributed by atoms with van der Waals surface area (Å²) in [6.45, 7) is 7.53. The van der Waals surface area contributed by atoms with E-state index >= 15 is 0 Å². The Morgan fingerprint density at radius 1 is 0.492 bits per heavy atom. The van der Waals surface area contributed by atoms with E-state index in [4.69, 9.17) is 9.72 Å². The molecule has 6 nitrogen and oxygen atoms in total. The minimum atomic E-state index is -0.0946. The lowest BCUT2D eigenvalue weighted by Crippen LogP contribution is -2.24. The molecule has 6 heteroatoms. The number of hydrogen-bond acceptors (Lipinski definition) is 4. The molecule has 0 radical (unpaired) electrons. The van der Waals surface area contributed by atoms with Crippen molar-refractivity contribution in [3.63, 3.8) is 0 Å². The monoisotopic (exact) mass is 765 g/mol. The summed E-state index contributed by atoms with van der Waals surface area (Å²) in [7, 11) is 2.17. The van der Waals surface area contributed by atoms with Crippen LogP contribution in [0.2, 0.25) is 0 Å². The van der Waals surface area contributed by atoms with Crippen LogP contribution in [0.1, 0.15) is 26.3 Å². The maximum atomic E-state index is 6.91. The Morgan fingerprint density at radius 2 is 1.15 bits per heavy atom. The molecule has 1 aliphatic heterocycles. The fraction of sp³-hybridized carbons (Fsp3) is 0.113. The SMILES string of the molecule is CN1CN(c2cc(Oc3ccc4c5ccccc5n(-c5cc6c(cn5)c5ccccc5n6-c5ccccc5)c4c3)cc(C(C)(C)C)c2)c2ccc(-c3ccccc3)cc21. The minimum Gasteiger partial charge on any atom is -0.457 e. The molecule has 7 aromatic carbocycles. The normalized spacial score (nSPS) is 12.9. The lowest BCUT2D eigenvalue weighted by Gasteiger charge is -2.25. The van der Waals surface area contributed by atoms with Gasteiger partial charge in [-0.3, -0.25) is 4.57 Å². The molecule has 0 atom stereocenters. The molecule has 11 rings (SSSR count). The number of hydrogen-bond donors (Lipinski definition) is 0. The van der Waals surface area contributed by atoms with Crippen molar-refractivity contribution in [2.75, 3.05) is 23.5 Å². The molecule has 0 saturated heterocycles. The van der Waals surface area contributed by atoms with Crippen LogP contribution in [0.5, 0.6) is 11.5 Å². The zero-order chi connectivity index (χ0) is 39.8.